The quantitative estimate of drug-likeness (QED) is 0.635. The molecule has 0 radical (unpaired) electrons. The second kappa shape index (κ2) is 11.0. The van der Waals surface area contributed by atoms with E-state index < -0.39 is 12.0 Å². The van der Waals surface area contributed by atoms with Crippen molar-refractivity contribution >= 4 is 17.8 Å². The summed E-state index contributed by atoms with van der Waals surface area (Å²) in [5, 5.41) is 2.75. The van der Waals surface area contributed by atoms with Crippen molar-refractivity contribution in [1.29, 1.82) is 0 Å². The number of amides is 2. The van der Waals surface area contributed by atoms with Gasteiger partial charge in [-0.15, -0.1) is 0 Å². The summed E-state index contributed by atoms with van der Waals surface area (Å²) in [7, 11) is 0. The first-order chi connectivity index (χ1) is 15.0. The molecule has 0 bridgehead atoms. The van der Waals surface area contributed by atoms with Crippen LogP contribution < -0.4 is 14.8 Å². The zero-order chi connectivity index (χ0) is 22.2. The molecule has 8 nitrogen and oxygen atoms in total. The van der Waals surface area contributed by atoms with Gasteiger partial charge in [0.1, 0.15) is 23.6 Å². The minimum Gasteiger partial charge on any atom is -0.494 e. The molecule has 1 unspecified atom stereocenters. The summed E-state index contributed by atoms with van der Waals surface area (Å²) in [6.07, 6.45) is 4.72. The van der Waals surface area contributed by atoms with Gasteiger partial charge in [0.05, 0.1) is 25.2 Å². The second-order valence-corrected chi connectivity index (χ2v) is 7.78. The van der Waals surface area contributed by atoms with Crippen LogP contribution in [-0.4, -0.2) is 61.1 Å². The fourth-order valence-electron chi connectivity index (χ4n) is 4.10. The van der Waals surface area contributed by atoms with Crippen LogP contribution in [0.15, 0.2) is 18.2 Å². The Bertz CT molecular complexity index is 790. The monoisotopic (exact) mass is 432 g/mol. The fraction of sp³-hybridized carbons (Fsp3) is 0.609. The van der Waals surface area contributed by atoms with E-state index in [1.807, 2.05) is 13.8 Å². The van der Waals surface area contributed by atoms with Gasteiger partial charge in [0, 0.05) is 19.2 Å². The third-order valence-electron chi connectivity index (χ3n) is 5.60. The maximum absolute atomic E-state index is 13.4. The highest BCUT2D eigenvalue weighted by molar-refractivity contribution is 6.01. The molecule has 1 atom stereocenters. The van der Waals surface area contributed by atoms with Gasteiger partial charge in [0.2, 0.25) is 5.91 Å². The Kier molecular flexibility index (Phi) is 8.14. The predicted octanol–water partition coefficient (Wildman–Crippen LogP) is 2.69. The maximum Gasteiger partial charge on any atom is 0.308 e. The van der Waals surface area contributed by atoms with E-state index in [2.05, 4.69) is 5.32 Å². The van der Waals surface area contributed by atoms with Crippen LogP contribution in [-0.2, 0) is 14.3 Å². The fourth-order valence-corrected chi connectivity index (χ4v) is 4.10. The first kappa shape index (κ1) is 22.9. The SMILES string of the molecule is CCOc1ccc(C(=O)N2CCNC(=O)C2CC(=O)OC2CCCCC2)c(OCC)c1. The van der Waals surface area contributed by atoms with Crippen LogP contribution in [0.5, 0.6) is 11.5 Å². The van der Waals surface area contributed by atoms with E-state index in [0.717, 1.165) is 32.1 Å². The molecule has 1 aromatic carbocycles. The third-order valence-corrected chi connectivity index (χ3v) is 5.60. The molecule has 0 spiro atoms. The Labute approximate surface area is 183 Å². The number of piperazine rings is 1. The van der Waals surface area contributed by atoms with Crippen molar-refractivity contribution in [2.24, 2.45) is 0 Å². The van der Waals surface area contributed by atoms with Crippen LogP contribution in [0.1, 0.15) is 62.7 Å². The normalized spacial score (nSPS) is 19.5. The van der Waals surface area contributed by atoms with Crippen LogP contribution in [0.2, 0.25) is 0 Å². The number of nitrogens with zero attached hydrogens (tertiary/aromatic N) is 1. The molecule has 1 saturated carbocycles. The molecule has 1 aliphatic heterocycles. The Morgan fingerprint density at radius 1 is 1.10 bits per heavy atom. The number of carbonyl (C=O) groups excluding carboxylic acids is 3. The van der Waals surface area contributed by atoms with Crippen LogP contribution in [0.4, 0.5) is 0 Å². The Hall–Kier alpha value is -2.77. The summed E-state index contributed by atoms with van der Waals surface area (Å²) in [6.45, 7) is 5.23. The lowest BCUT2D eigenvalue weighted by molar-refractivity contribution is -0.153. The molecule has 3 rings (SSSR count). The van der Waals surface area contributed by atoms with Crippen molar-refractivity contribution in [3.8, 4) is 11.5 Å². The topological polar surface area (TPSA) is 94.2 Å². The van der Waals surface area contributed by atoms with E-state index in [9.17, 15) is 14.4 Å². The number of hydrogen-bond donors (Lipinski definition) is 1. The summed E-state index contributed by atoms with van der Waals surface area (Å²) in [5.41, 5.74) is 0.339. The summed E-state index contributed by atoms with van der Waals surface area (Å²) >= 11 is 0. The molecule has 2 amide bonds. The molecule has 1 heterocycles. The standard InChI is InChI=1S/C23H32N2O6/c1-3-29-17-10-11-18(20(14-17)30-4-2)23(28)25-13-12-24-22(27)19(25)15-21(26)31-16-8-6-5-7-9-16/h10-11,14,16,19H,3-9,12-13,15H2,1-2H3,(H,24,27). The van der Waals surface area contributed by atoms with E-state index in [4.69, 9.17) is 14.2 Å². The molecule has 1 aliphatic carbocycles. The van der Waals surface area contributed by atoms with Gasteiger partial charge in [-0.2, -0.15) is 0 Å². The zero-order valence-corrected chi connectivity index (χ0v) is 18.4. The van der Waals surface area contributed by atoms with Gasteiger partial charge < -0.3 is 24.4 Å². The summed E-state index contributed by atoms with van der Waals surface area (Å²) < 4.78 is 16.7. The van der Waals surface area contributed by atoms with E-state index in [1.165, 1.54) is 4.90 Å². The lowest BCUT2D eigenvalue weighted by Crippen LogP contribution is -2.58. The number of benzene rings is 1. The molecule has 8 heteroatoms. The lowest BCUT2D eigenvalue weighted by Gasteiger charge is -2.35. The Morgan fingerprint density at radius 2 is 1.84 bits per heavy atom. The van der Waals surface area contributed by atoms with Gasteiger partial charge in [-0.05, 0) is 51.7 Å². The molecule has 170 valence electrons. The molecule has 31 heavy (non-hydrogen) atoms. The van der Waals surface area contributed by atoms with Crippen molar-refractivity contribution in [2.75, 3.05) is 26.3 Å². The van der Waals surface area contributed by atoms with Crippen LogP contribution in [0, 0.1) is 0 Å². The summed E-state index contributed by atoms with van der Waals surface area (Å²) in [5.74, 6) is -0.135. The minimum absolute atomic E-state index is 0.0901. The molecule has 1 N–H and O–H groups in total. The zero-order valence-electron chi connectivity index (χ0n) is 18.4. The molecule has 0 aromatic heterocycles. The van der Waals surface area contributed by atoms with Crippen molar-refractivity contribution in [2.45, 2.75) is 64.5 Å². The number of rotatable bonds is 8. The smallest absolute Gasteiger partial charge is 0.308 e. The molecule has 2 aliphatic rings. The number of esters is 1. The largest absolute Gasteiger partial charge is 0.494 e. The Morgan fingerprint density at radius 3 is 2.55 bits per heavy atom. The number of nitrogens with one attached hydrogen (secondary N) is 1. The van der Waals surface area contributed by atoms with E-state index in [0.29, 0.717) is 43.4 Å². The Balaban J connectivity index is 1.76. The number of ether oxygens (including phenoxy) is 3. The van der Waals surface area contributed by atoms with Gasteiger partial charge in [0.25, 0.3) is 5.91 Å². The van der Waals surface area contributed by atoms with E-state index in [-0.39, 0.29) is 24.3 Å². The number of hydrogen-bond acceptors (Lipinski definition) is 6. The average molecular weight is 433 g/mol. The molecule has 1 saturated heterocycles. The highest BCUT2D eigenvalue weighted by Gasteiger charge is 2.37. The minimum atomic E-state index is -0.904. The molecular formula is C23H32N2O6. The lowest BCUT2D eigenvalue weighted by atomic mass is 9.98. The van der Waals surface area contributed by atoms with Gasteiger partial charge in [-0.1, -0.05) is 6.42 Å². The third kappa shape index (κ3) is 5.89. The van der Waals surface area contributed by atoms with Crippen molar-refractivity contribution < 1.29 is 28.6 Å². The first-order valence-corrected chi connectivity index (χ1v) is 11.2. The summed E-state index contributed by atoms with van der Waals surface area (Å²) in [6, 6.07) is 4.12. The highest BCUT2D eigenvalue weighted by atomic mass is 16.5. The van der Waals surface area contributed by atoms with Gasteiger partial charge in [-0.3, -0.25) is 14.4 Å². The molecule has 2 fully saturated rings. The van der Waals surface area contributed by atoms with Crippen molar-refractivity contribution in [3.05, 3.63) is 23.8 Å². The maximum atomic E-state index is 13.4. The first-order valence-electron chi connectivity index (χ1n) is 11.2. The predicted molar refractivity (Wildman–Crippen MR) is 114 cm³/mol. The van der Waals surface area contributed by atoms with Crippen molar-refractivity contribution in [1.82, 2.24) is 10.2 Å². The van der Waals surface area contributed by atoms with Crippen molar-refractivity contribution in [3.63, 3.8) is 0 Å². The number of carbonyl (C=O) groups is 3. The van der Waals surface area contributed by atoms with Gasteiger partial charge >= 0.3 is 5.97 Å². The highest BCUT2D eigenvalue weighted by Crippen LogP contribution is 2.28. The van der Waals surface area contributed by atoms with Crippen LogP contribution in [0.25, 0.3) is 0 Å². The molecular weight excluding hydrogens is 400 g/mol. The average Bonchev–Trinajstić information content (AvgIpc) is 2.76. The van der Waals surface area contributed by atoms with E-state index >= 15 is 0 Å². The van der Waals surface area contributed by atoms with E-state index in [1.54, 1.807) is 18.2 Å². The van der Waals surface area contributed by atoms with Crippen LogP contribution >= 0.6 is 0 Å². The van der Waals surface area contributed by atoms with Crippen LogP contribution in [0.3, 0.4) is 0 Å². The van der Waals surface area contributed by atoms with Gasteiger partial charge in [-0.25, -0.2) is 0 Å². The second-order valence-electron chi connectivity index (χ2n) is 7.78. The van der Waals surface area contributed by atoms with Gasteiger partial charge in [0.15, 0.2) is 0 Å². The molecule has 1 aromatic rings. The summed E-state index contributed by atoms with van der Waals surface area (Å²) in [4.78, 5) is 39.9.